The zero-order chi connectivity index (χ0) is 9.90. The standard InChI is InChI=1S/C6H10N2O3S2/c1-5(4-9)13(10,11)8-6-7-2-3-12-6/h2-3,5,9H,4H2,1H3,(H,7,8). The van der Waals surface area contributed by atoms with E-state index in [0.717, 1.165) is 0 Å². The summed E-state index contributed by atoms with van der Waals surface area (Å²) in [6, 6.07) is 0. The van der Waals surface area contributed by atoms with E-state index in [1.807, 2.05) is 0 Å². The molecule has 13 heavy (non-hydrogen) atoms. The van der Waals surface area contributed by atoms with Crippen LogP contribution in [0, 0.1) is 0 Å². The molecule has 2 N–H and O–H groups in total. The number of aliphatic hydroxyl groups excluding tert-OH is 1. The molecule has 0 saturated carbocycles. The first-order chi connectivity index (χ1) is 6.06. The summed E-state index contributed by atoms with van der Waals surface area (Å²) in [7, 11) is -3.49. The Balaban J connectivity index is 2.74. The van der Waals surface area contributed by atoms with Crippen LogP contribution in [-0.2, 0) is 10.0 Å². The van der Waals surface area contributed by atoms with Crippen molar-refractivity contribution in [1.29, 1.82) is 0 Å². The van der Waals surface area contributed by atoms with Crippen molar-refractivity contribution >= 4 is 26.5 Å². The lowest BCUT2D eigenvalue weighted by Crippen LogP contribution is -2.27. The highest BCUT2D eigenvalue weighted by atomic mass is 32.2. The SMILES string of the molecule is CC(CO)S(=O)(=O)Nc1nccs1. The predicted octanol–water partition coefficient (Wildman–Crippen LogP) is 0.266. The second-order valence-electron chi connectivity index (χ2n) is 2.48. The van der Waals surface area contributed by atoms with E-state index in [-0.39, 0.29) is 0 Å². The Morgan fingerprint density at radius 2 is 2.46 bits per heavy atom. The Labute approximate surface area is 80.5 Å². The molecule has 0 fully saturated rings. The number of hydrogen-bond donors (Lipinski definition) is 2. The van der Waals surface area contributed by atoms with Gasteiger partial charge in [0.25, 0.3) is 0 Å². The van der Waals surface area contributed by atoms with E-state index in [4.69, 9.17) is 5.11 Å². The lowest BCUT2D eigenvalue weighted by Gasteiger charge is -2.09. The first kappa shape index (κ1) is 10.4. The number of nitrogens with one attached hydrogen (secondary N) is 1. The van der Waals surface area contributed by atoms with Crippen LogP contribution in [0.25, 0.3) is 0 Å². The van der Waals surface area contributed by atoms with Gasteiger partial charge in [0.15, 0.2) is 5.13 Å². The Hall–Kier alpha value is -0.660. The molecule has 0 aromatic carbocycles. The first-order valence-electron chi connectivity index (χ1n) is 3.58. The third kappa shape index (κ3) is 2.64. The molecule has 0 aliphatic heterocycles. The quantitative estimate of drug-likeness (QED) is 0.766. The van der Waals surface area contributed by atoms with Gasteiger partial charge in [0.1, 0.15) is 5.25 Å². The maximum atomic E-state index is 11.3. The molecule has 1 heterocycles. The Morgan fingerprint density at radius 3 is 2.92 bits per heavy atom. The summed E-state index contributed by atoms with van der Waals surface area (Å²) in [6.07, 6.45) is 1.51. The monoisotopic (exact) mass is 222 g/mol. The van der Waals surface area contributed by atoms with Crippen LogP contribution in [0.4, 0.5) is 5.13 Å². The Kier molecular flexibility index (Phi) is 3.23. The Morgan fingerprint density at radius 1 is 1.77 bits per heavy atom. The average Bonchev–Trinajstić information content (AvgIpc) is 2.54. The van der Waals surface area contributed by atoms with Crippen molar-refractivity contribution in [3.8, 4) is 0 Å². The number of hydrogen-bond acceptors (Lipinski definition) is 5. The highest BCUT2D eigenvalue weighted by molar-refractivity contribution is 7.93. The van der Waals surface area contributed by atoms with Crippen molar-refractivity contribution in [3.05, 3.63) is 11.6 Å². The number of rotatable bonds is 4. The number of nitrogens with zero attached hydrogens (tertiary/aromatic N) is 1. The van der Waals surface area contributed by atoms with E-state index in [2.05, 4.69) is 9.71 Å². The second kappa shape index (κ2) is 4.03. The highest BCUT2D eigenvalue weighted by Gasteiger charge is 2.20. The number of sulfonamides is 1. The second-order valence-corrected chi connectivity index (χ2v) is 5.47. The van der Waals surface area contributed by atoms with Crippen molar-refractivity contribution in [2.75, 3.05) is 11.3 Å². The van der Waals surface area contributed by atoms with E-state index in [1.165, 1.54) is 24.5 Å². The normalized spacial score (nSPS) is 14.0. The largest absolute Gasteiger partial charge is 0.395 e. The topological polar surface area (TPSA) is 79.3 Å². The fraction of sp³-hybridized carbons (Fsp3) is 0.500. The third-order valence-electron chi connectivity index (χ3n) is 1.45. The van der Waals surface area contributed by atoms with Gasteiger partial charge in [-0.25, -0.2) is 13.4 Å². The molecule has 0 bridgehead atoms. The van der Waals surface area contributed by atoms with Gasteiger partial charge in [-0.2, -0.15) is 0 Å². The molecule has 5 nitrogen and oxygen atoms in total. The molecule has 0 radical (unpaired) electrons. The summed E-state index contributed by atoms with van der Waals surface area (Å²) in [4.78, 5) is 3.76. The smallest absolute Gasteiger partial charge is 0.239 e. The molecule has 1 aromatic heterocycles. The van der Waals surface area contributed by atoms with Gasteiger partial charge in [-0.15, -0.1) is 11.3 Å². The molecule has 0 amide bonds. The zero-order valence-electron chi connectivity index (χ0n) is 6.97. The van der Waals surface area contributed by atoms with Crippen LogP contribution in [0.1, 0.15) is 6.92 Å². The van der Waals surface area contributed by atoms with Crippen LogP contribution in [0.2, 0.25) is 0 Å². The molecule has 0 aliphatic rings. The summed E-state index contributed by atoms with van der Waals surface area (Å²) in [5, 5.41) is 9.83. The van der Waals surface area contributed by atoms with Crippen LogP contribution >= 0.6 is 11.3 Å². The molecular weight excluding hydrogens is 212 g/mol. The molecule has 7 heteroatoms. The van der Waals surface area contributed by atoms with Crippen LogP contribution in [0.15, 0.2) is 11.6 Å². The maximum absolute atomic E-state index is 11.3. The third-order valence-corrected chi connectivity index (χ3v) is 3.95. The number of anilines is 1. The fourth-order valence-corrected chi connectivity index (χ4v) is 2.20. The van der Waals surface area contributed by atoms with Crippen molar-refractivity contribution in [2.24, 2.45) is 0 Å². The molecule has 0 aliphatic carbocycles. The summed E-state index contributed by atoms with van der Waals surface area (Å²) in [5.41, 5.74) is 0. The van der Waals surface area contributed by atoms with E-state index in [9.17, 15) is 8.42 Å². The van der Waals surface area contributed by atoms with Crippen molar-refractivity contribution < 1.29 is 13.5 Å². The highest BCUT2D eigenvalue weighted by Crippen LogP contribution is 2.14. The summed E-state index contributed by atoms with van der Waals surface area (Å²) < 4.78 is 24.9. The van der Waals surface area contributed by atoms with Crippen molar-refractivity contribution in [3.63, 3.8) is 0 Å². The van der Waals surface area contributed by atoms with Gasteiger partial charge in [0.2, 0.25) is 10.0 Å². The van der Waals surface area contributed by atoms with Crippen molar-refractivity contribution in [1.82, 2.24) is 4.98 Å². The van der Waals surface area contributed by atoms with Gasteiger partial charge in [-0.3, -0.25) is 4.72 Å². The molecule has 1 aromatic rings. The van der Waals surface area contributed by atoms with Crippen LogP contribution in [0.5, 0.6) is 0 Å². The summed E-state index contributed by atoms with van der Waals surface area (Å²) in [5.74, 6) is 0. The Bertz CT molecular complexity index is 346. The molecule has 1 rings (SSSR count). The van der Waals surface area contributed by atoms with Gasteiger partial charge in [-0.1, -0.05) is 0 Å². The predicted molar refractivity (Wildman–Crippen MR) is 51.2 cm³/mol. The summed E-state index contributed by atoms with van der Waals surface area (Å²) >= 11 is 1.19. The molecule has 0 spiro atoms. The van der Waals surface area contributed by atoms with Gasteiger partial charge >= 0.3 is 0 Å². The number of thiazole rings is 1. The number of aliphatic hydroxyl groups is 1. The van der Waals surface area contributed by atoms with Gasteiger partial charge < -0.3 is 5.11 Å². The minimum atomic E-state index is -3.49. The first-order valence-corrected chi connectivity index (χ1v) is 6.01. The van der Waals surface area contributed by atoms with E-state index < -0.39 is 21.9 Å². The lowest BCUT2D eigenvalue weighted by molar-refractivity contribution is 0.296. The van der Waals surface area contributed by atoms with Crippen molar-refractivity contribution in [2.45, 2.75) is 12.2 Å². The fourth-order valence-electron chi connectivity index (χ4n) is 0.594. The van der Waals surface area contributed by atoms with E-state index >= 15 is 0 Å². The van der Waals surface area contributed by atoms with E-state index in [0.29, 0.717) is 5.13 Å². The molecule has 1 unspecified atom stereocenters. The van der Waals surface area contributed by atoms with Crippen LogP contribution in [-0.4, -0.2) is 30.4 Å². The minimum Gasteiger partial charge on any atom is -0.395 e. The van der Waals surface area contributed by atoms with Crippen LogP contribution < -0.4 is 4.72 Å². The van der Waals surface area contributed by atoms with Gasteiger partial charge in [0.05, 0.1) is 6.61 Å². The average molecular weight is 222 g/mol. The van der Waals surface area contributed by atoms with Crippen LogP contribution in [0.3, 0.4) is 0 Å². The maximum Gasteiger partial charge on any atom is 0.239 e. The molecule has 0 saturated heterocycles. The lowest BCUT2D eigenvalue weighted by atomic mass is 10.5. The number of aromatic nitrogens is 1. The molecule has 74 valence electrons. The zero-order valence-corrected chi connectivity index (χ0v) is 8.60. The molecule has 1 atom stereocenters. The van der Waals surface area contributed by atoms with E-state index in [1.54, 1.807) is 5.38 Å². The summed E-state index contributed by atoms with van der Waals surface area (Å²) in [6.45, 7) is 1.02. The van der Waals surface area contributed by atoms with Gasteiger partial charge in [0, 0.05) is 11.6 Å². The minimum absolute atomic E-state index is 0.320. The molecular formula is C6H10N2O3S2. The van der Waals surface area contributed by atoms with Gasteiger partial charge in [-0.05, 0) is 6.92 Å².